The molecule has 0 saturated heterocycles. The number of hydrogen-bond acceptors (Lipinski definition) is 3. The van der Waals surface area contributed by atoms with Crippen molar-refractivity contribution in [3.05, 3.63) is 94.5 Å². The number of amides is 1. The fraction of sp³-hybridized carbons (Fsp3) is 0.240. The summed E-state index contributed by atoms with van der Waals surface area (Å²) < 4.78 is 28.1. The van der Waals surface area contributed by atoms with Crippen molar-refractivity contribution in [2.24, 2.45) is 0 Å². The van der Waals surface area contributed by atoms with Crippen LogP contribution >= 0.6 is 0 Å². The maximum absolute atomic E-state index is 13.4. The number of rotatable bonds is 7. The van der Waals surface area contributed by atoms with Gasteiger partial charge in [0.25, 0.3) is 10.0 Å². The van der Waals surface area contributed by atoms with E-state index in [2.05, 4.69) is 5.32 Å². The van der Waals surface area contributed by atoms with Gasteiger partial charge in [-0.25, -0.2) is 8.42 Å². The highest BCUT2D eigenvalue weighted by molar-refractivity contribution is 7.92. The van der Waals surface area contributed by atoms with Crippen LogP contribution in [0.15, 0.2) is 71.6 Å². The van der Waals surface area contributed by atoms with Crippen molar-refractivity contribution in [2.45, 2.75) is 39.1 Å². The van der Waals surface area contributed by atoms with E-state index in [9.17, 15) is 13.2 Å². The summed E-state index contributed by atoms with van der Waals surface area (Å²) in [5.41, 5.74) is 5.52. The first-order valence-electron chi connectivity index (χ1n) is 10.2. The van der Waals surface area contributed by atoms with E-state index in [4.69, 9.17) is 0 Å². The Balaban J connectivity index is 1.89. The van der Waals surface area contributed by atoms with Crippen LogP contribution in [-0.2, 0) is 21.4 Å². The fourth-order valence-electron chi connectivity index (χ4n) is 3.24. The molecule has 0 radical (unpaired) electrons. The Morgan fingerprint density at radius 1 is 0.839 bits per heavy atom. The molecule has 3 aromatic rings. The molecule has 0 aromatic heterocycles. The van der Waals surface area contributed by atoms with Crippen LogP contribution in [0.2, 0.25) is 0 Å². The van der Waals surface area contributed by atoms with Gasteiger partial charge >= 0.3 is 0 Å². The number of carbonyl (C=O) groups excluding carboxylic acids is 1. The van der Waals surface area contributed by atoms with Gasteiger partial charge in [0.05, 0.1) is 10.6 Å². The van der Waals surface area contributed by atoms with Gasteiger partial charge in [-0.2, -0.15) is 0 Å². The number of benzene rings is 3. The van der Waals surface area contributed by atoms with Gasteiger partial charge in [0.2, 0.25) is 5.91 Å². The molecule has 1 N–H and O–H groups in total. The zero-order chi connectivity index (χ0) is 22.6. The Morgan fingerprint density at radius 2 is 1.55 bits per heavy atom. The van der Waals surface area contributed by atoms with Gasteiger partial charge < -0.3 is 5.32 Å². The van der Waals surface area contributed by atoms with Gasteiger partial charge in [-0.15, -0.1) is 0 Å². The van der Waals surface area contributed by atoms with Crippen molar-refractivity contribution in [1.82, 2.24) is 5.32 Å². The zero-order valence-corrected chi connectivity index (χ0v) is 19.2. The molecule has 0 saturated carbocycles. The summed E-state index contributed by atoms with van der Waals surface area (Å²) in [6.45, 7) is 7.81. The molecule has 0 heterocycles. The van der Waals surface area contributed by atoms with E-state index in [0.717, 1.165) is 27.8 Å². The predicted molar refractivity (Wildman–Crippen MR) is 125 cm³/mol. The Kier molecular flexibility index (Phi) is 6.81. The quantitative estimate of drug-likeness (QED) is 0.596. The molecule has 6 heteroatoms. The van der Waals surface area contributed by atoms with E-state index in [1.165, 1.54) is 4.31 Å². The summed E-state index contributed by atoms with van der Waals surface area (Å²) in [6, 6.07) is 19.9. The van der Waals surface area contributed by atoms with Crippen molar-refractivity contribution in [3.8, 4) is 0 Å². The van der Waals surface area contributed by atoms with Gasteiger partial charge in [0, 0.05) is 6.54 Å². The molecule has 0 aliphatic rings. The second-order valence-corrected chi connectivity index (χ2v) is 9.72. The van der Waals surface area contributed by atoms with Gasteiger partial charge in [0.15, 0.2) is 0 Å². The molecule has 0 aliphatic carbocycles. The molecule has 0 fully saturated rings. The minimum atomic E-state index is -3.91. The number of nitrogens with zero attached hydrogens (tertiary/aromatic N) is 1. The largest absolute Gasteiger partial charge is 0.350 e. The normalized spacial score (nSPS) is 11.2. The summed E-state index contributed by atoms with van der Waals surface area (Å²) in [7, 11) is -3.91. The monoisotopic (exact) mass is 436 g/mol. The molecule has 1 amide bonds. The molecular formula is C25H28N2O3S. The van der Waals surface area contributed by atoms with E-state index in [-0.39, 0.29) is 17.3 Å². The van der Waals surface area contributed by atoms with E-state index in [1.807, 2.05) is 58.0 Å². The minimum Gasteiger partial charge on any atom is -0.350 e. The van der Waals surface area contributed by atoms with Crippen molar-refractivity contribution >= 4 is 21.6 Å². The molecule has 162 valence electrons. The summed E-state index contributed by atoms with van der Waals surface area (Å²) in [6.07, 6.45) is 0. The van der Waals surface area contributed by atoms with Crippen LogP contribution in [0, 0.1) is 27.7 Å². The van der Waals surface area contributed by atoms with E-state index >= 15 is 0 Å². The average molecular weight is 437 g/mol. The van der Waals surface area contributed by atoms with Crippen LogP contribution in [0.1, 0.15) is 27.8 Å². The summed E-state index contributed by atoms with van der Waals surface area (Å²) in [5, 5.41) is 2.84. The number of hydrogen-bond donors (Lipinski definition) is 1. The number of nitrogens with one attached hydrogen (secondary N) is 1. The lowest BCUT2D eigenvalue weighted by Crippen LogP contribution is -2.40. The molecule has 0 aliphatic heterocycles. The van der Waals surface area contributed by atoms with Crippen molar-refractivity contribution < 1.29 is 13.2 Å². The Hall–Kier alpha value is -3.12. The van der Waals surface area contributed by atoms with E-state index in [1.54, 1.807) is 36.4 Å². The molecule has 5 nitrogen and oxygen atoms in total. The first-order chi connectivity index (χ1) is 14.7. The van der Waals surface area contributed by atoms with Crippen LogP contribution in [0.3, 0.4) is 0 Å². The number of sulfonamides is 1. The third-order valence-electron chi connectivity index (χ3n) is 5.25. The van der Waals surface area contributed by atoms with Crippen LogP contribution in [0.5, 0.6) is 0 Å². The topological polar surface area (TPSA) is 66.5 Å². The van der Waals surface area contributed by atoms with Gasteiger partial charge in [-0.1, -0.05) is 53.6 Å². The Morgan fingerprint density at radius 3 is 2.19 bits per heavy atom. The van der Waals surface area contributed by atoms with Crippen LogP contribution in [0.4, 0.5) is 5.69 Å². The highest BCUT2D eigenvalue weighted by Crippen LogP contribution is 2.26. The zero-order valence-electron chi connectivity index (χ0n) is 18.3. The second-order valence-electron chi connectivity index (χ2n) is 7.86. The van der Waals surface area contributed by atoms with Gasteiger partial charge in [-0.05, 0) is 68.7 Å². The van der Waals surface area contributed by atoms with Gasteiger partial charge in [0.1, 0.15) is 6.54 Å². The Bertz CT molecular complexity index is 1190. The highest BCUT2D eigenvalue weighted by atomic mass is 32.2. The van der Waals surface area contributed by atoms with Crippen LogP contribution in [0.25, 0.3) is 0 Å². The molecule has 0 spiro atoms. The SMILES string of the molecule is Cc1ccc(S(=O)(=O)N(CC(=O)NCc2cccc(C)c2)c2ccc(C)c(C)c2)cc1. The molecule has 3 rings (SSSR count). The van der Waals surface area contributed by atoms with E-state index in [0.29, 0.717) is 12.2 Å². The van der Waals surface area contributed by atoms with Crippen molar-refractivity contribution in [3.63, 3.8) is 0 Å². The van der Waals surface area contributed by atoms with Crippen LogP contribution < -0.4 is 9.62 Å². The lowest BCUT2D eigenvalue weighted by molar-refractivity contribution is -0.119. The first kappa shape index (κ1) is 22.6. The lowest BCUT2D eigenvalue weighted by atomic mass is 10.1. The second kappa shape index (κ2) is 9.35. The van der Waals surface area contributed by atoms with Crippen molar-refractivity contribution in [1.29, 1.82) is 0 Å². The van der Waals surface area contributed by atoms with Crippen molar-refractivity contribution in [2.75, 3.05) is 10.8 Å². The first-order valence-corrected chi connectivity index (χ1v) is 11.6. The third-order valence-corrected chi connectivity index (χ3v) is 7.03. The lowest BCUT2D eigenvalue weighted by Gasteiger charge is -2.25. The predicted octanol–water partition coefficient (Wildman–Crippen LogP) is 4.43. The smallest absolute Gasteiger partial charge is 0.264 e. The number of carbonyl (C=O) groups is 1. The third kappa shape index (κ3) is 5.52. The molecule has 0 unspecified atom stereocenters. The van der Waals surface area contributed by atoms with Crippen LogP contribution in [-0.4, -0.2) is 20.9 Å². The summed E-state index contributed by atoms with van der Waals surface area (Å²) in [5.74, 6) is -0.365. The standard InChI is InChI=1S/C25H28N2O3S/c1-18-8-12-24(13-9-18)31(29,30)27(23-11-10-20(3)21(4)15-23)17-25(28)26-16-22-7-5-6-19(2)14-22/h5-15H,16-17H2,1-4H3,(H,26,28). The fourth-order valence-corrected chi connectivity index (χ4v) is 4.66. The molecule has 3 aromatic carbocycles. The maximum Gasteiger partial charge on any atom is 0.264 e. The molecule has 0 atom stereocenters. The minimum absolute atomic E-state index is 0.155. The van der Waals surface area contributed by atoms with E-state index < -0.39 is 10.0 Å². The van der Waals surface area contributed by atoms with Gasteiger partial charge in [-0.3, -0.25) is 9.10 Å². The number of anilines is 1. The molecule has 31 heavy (non-hydrogen) atoms. The molecule has 0 bridgehead atoms. The Labute approximate surface area is 184 Å². The number of aryl methyl sites for hydroxylation is 4. The summed E-state index contributed by atoms with van der Waals surface area (Å²) >= 11 is 0. The average Bonchev–Trinajstić information content (AvgIpc) is 2.73. The maximum atomic E-state index is 13.4. The molecular weight excluding hydrogens is 408 g/mol. The highest BCUT2D eigenvalue weighted by Gasteiger charge is 2.27. The summed E-state index contributed by atoms with van der Waals surface area (Å²) in [4.78, 5) is 12.9.